The number of aliphatic hydroxyl groups excluding tert-OH is 1. The molecule has 0 aromatic rings. The Balaban J connectivity index is 1.71. The van der Waals surface area contributed by atoms with Crippen LogP contribution in [0, 0.1) is 11.8 Å². The first-order valence-electron chi connectivity index (χ1n) is 10.4. The molecule has 2 bridgehead atoms. The maximum absolute atomic E-state index is 10.5. The van der Waals surface area contributed by atoms with E-state index < -0.39 is 5.97 Å². The number of carboxylic acid groups (broad SMARTS) is 1. The van der Waals surface area contributed by atoms with Gasteiger partial charge in [0.2, 0.25) is 0 Å². The fourth-order valence-corrected chi connectivity index (χ4v) is 4.42. The summed E-state index contributed by atoms with van der Waals surface area (Å²) in [6.07, 6.45) is 16.8. The number of ether oxygens (including phenoxy) is 1. The zero-order valence-corrected chi connectivity index (χ0v) is 15.7. The van der Waals surface area contributed by atoms with Crippen molar-refractivity contribution < 1.29 is 19.7 Å². The van der Waals surface area contributed by atoms with Crippen molar-refractivity contribution in [2.24, 2.45) is 11.8 Å². The number of hydrogen-bond acceptors (Lipinski definition) is 3. The van der Waals surface area contributed by atoms with Gasteiger partial charge in [0.25, 0.3) is 0 Å². The summed E-state index contributed by atoms with van der Waals surface area (Å²) in [5, 5.41) is 18.8. The van der Waals surface area contributed by atoms with Gasteiger partial charge in [0.1, 0.15) is 0 Å². The van der Waals surface area contributed by atoms with Crippen molar-refractivity contribution in [2.75, 3.05) is 0 Å². The number of hydrogen-bond donors (Lipinski definition) is 2. The number of rotatable bonds is 13. The highest BCUT2D eigenvalue weighted by Gasteiger charge is 2.46. The lowest BCUT2D eigenvalue weighted by molar-refractivity contribution is -0.137. The molecule has 5 atom stereocenters. The van der Waals surface area contributed by atoms with Gasteiger partial charge >= 0.3 is 5.97 Å². The van der Waals surface area contributed by atoms with Crippen LogP contribution in [-0.4, -0.2) is 34.5 Å². The summed E-state index contributed by atoms with van der Waals surface area (Å²) in [6.45, 7) is 2.18. The second-order valence-electron chi connectivity index (χ2n) is 7.83. The molecule has 4 heteroatoms. The quantitative estimate of drug-likeness (QED) is 0.372. The zero-order valence-electron chi connectivity index (χ0n) is 15.7. The minimum atomic E-state index is -0.691. The standard InChI is InChI=1S/C21H36O4/c1-2-3-6-9-16(22)12-13-18-17(19-14-15-20(18)25-19)10-7-4-5-8-11-21(23)24/h12-13,16-20,22H,2-11,14-15H2,1H3,(H,23,24)/b13-12+/t16?,17-,18-,19+,20-/m0/s1. The van der Waals surface area contributed by atoms with E-state index in [1.165, 1.54) is 19.3 Å². The predicted molar refractivity (Wildman–Crippen MR) is 99.5 cm³/mol. The van der Waals surface area contributed by atoms with Crippen LogP contribution >= 0.6 is 0 Å². The largest absolute Gasteiger partial charge is 0.481 e. The summed E-state index contributed by atoms with van der Waals surface area (Å²) in [6, 6.07) is 0. The molecule has 2 aliphatic heterocycles. The van der Waals surface area contributed by atoms with Crippen LogP contribution in [0.4, 0.5) is 0 Å². The van der Waals surface area contributed by atoms with Crippen molar-refractivity contribution in [3.05, 3.63) is 12.2 Å². The van der Waals surface area contributed by atoms with E-state index in [2.05, 4.69) is 13.0 Å². The maximum Gasteiger partial charge on any atom is 0.303 e. The summed E-state index contributed by atoms with van der Waals surface area (Å²) >= 11 is 0. The van der Waals surface area contributed by atoms with Crippen molar-refractivity contribution in [2.45, 2.75) is 102 Å². The third-order valence-electron chi connectivity index (χ3n) is 5.82. The number of fused-ring (bicyclic) bond motifs is 2. The third kappa shape index (κ3) is 6.74. The Morgan fingerprint density at radius 3 is 2.64 bits per heavy atom. The summed E-state index contributed by atoms with van der Waals surface area (Å²) in [5.41, 5.74) is 0. The third-order valence-corrected chi connectivity index (χ3v) is 5.82. The van der Waals surface area contributed by atoms with E-state index in [9.17, 15) is 9.90 Å². The molecule has 2 aliphatic rings. The normalized spacial score (nSPS) is 29.5. The van der Waals surface area contributed by atoms with Crippen molar-refractivity contribution in [3.8, 4) is 0 Å². The molecule has 0 amide bonds. The molecule has 25 heavy (non-hydrogen) atoms. The first-order valence-corrected chi connectivity index (χ1v) is 10.4. The minimum Gasteiger partial charge on any atom is -0.481 e. The molecule has 0 saturated carbocycles. The molecule has 4 nitrogen and oxygen atoms in total. The Kier molecular flexibility index (Phi) is 8.97. The first kappa shape index (κ1) is 20.4. The summed E-state index contributed by atoms with van der Waals surface area (Å²) in [5.74, 6) is 0.347. The summed E-state index contributed by atoms with van der Waals surface area (Å²) < 4.78 is 6.13. The van der Waals surface area contributed by atoms with Gasteiger partial charge in [0.05, 0.1) is 18.3 Å². The Labute approximate surface area is 152 Å². The molecule has 0 aromatic heterocycles. The van der Waals surface area contributed by atoms with Crippen LogP contribution in [0.5, 0.6) is 0 Å². The average molecular weight is 353 g/mol. The molecule has 2 N–H and O–H groups in total. The van der Waals surface area contributed by atoms with Gasteiger partial charge in [-0.2, -0.15) is 0 Å². The Bertz CT molecular complexity index is 420. The molecular weight excluding hydrogens is 316 g/mol. The van der Waals surface area contributed by atoms with Gasteiger partial charge in [-0.25, -0.2) is 0 Å². The van der Waals surface area contributed by atoms with E-state index in [1.54, 1.807) is 0 Å². The molecule has 2 fully saturated rings. The van der Waals surface area contributed by atoms with Gasteiger partial charge in [-0.3, -0.25) is 4.79 Å². The van der Waals surface area contributed by atoms with E-state index in [0.717, 1.165) is 51.4 Å². The fourth-order valence-electron chi connectivity index (χ4n) is 4.42. The molecule has 0 radical (unpaired) electrons. The molecular formula is C21H36O4. The second kappa shape index (κ2) is 11.0. The van der Waals surface area contributed by atoms with Crippen molar-refractivity contribution >= 4 is 5.97 Å². The Hall–Kier alpha value is -0.870. The van der Waals surface area contributed by atoms with Gasteiger partial charge in [0, 0.05) is 12.3 Å². The molecule has 2 heterocycles. The van der Waals surface area contributed by atoms with Crippen molar-refractivity contribution in [3.63, 3.8) is 0 Å². The fraction of sp³-hybridized carbons (Fsp3) is 0.857. The van der Waals surface area contributed by atoms with Crippen LogP contribution in [-0.2, 0) is 9.53 Å². The monoisotopic (exact) mass is 352 g/mol. The van der Waals surface area contributed by atoms with E-state index in [-0.39, 0.29) is 6.10 Å². The lowest BCUT2D eigenvalue weighted by atomic mass is 9.76. The van der Waals surface area contributed by atoms with Crippen molar-refractivity contribution in [1.82, 2.24) is 0 Å². The van der Waals surface area contributed by atoms with Crippen LogP contribution < -0.4 is 0 Å². The second-order valence-corrected chi connectivity index (χ2v) is 7.83. The topological polar surface area (TPSA) is 66.8 Å². The molecule has 0 spiro atoms. The molecule has 2 rings (SSSR count). The average Bonchev–Trinajstić information content (AvgIpc) is 3.17. The molecule has 144 valence electrons. The lowest BCUT2D eigenvalue weighted by Crippen LogP contribution is -2.26. The molecule has 0 aromatic carbocycles. The Morgan fingerprint density at radius 2 is 1.88 bits per heavy atom. The molecule has 1 unspecified atom stereocenters. The summed E-state index contributed by atoms with van der Waals surface area (Å²) in [4.78, 5) is 10.5. The SMILES string of the molecule is CCCCCC(O)/C=C/[C@H]1[C@H](CCCCCCC(=O)O)[C@H]2CC[C@@H]1O2. The summed E-state index contributed by atoms with van der Waals surface area (Å²) in [7, 11) is 0. The van der Waals surface area contributed by atoms with Gasteiger partial charge in [-0.05, 0) is 38.0 Å². The predicted octanol–water partition coefficient (Wildman–Crippen LogP) is 4.70. The zero-order chi connectivity index (χ0) is 18.1. The van der Waals surface area contributed by atoms with E-state index in [4.69, 9.17) is 9.84 Å². The van der Waals surface area contributed by atoms with Crippen LogP contribution in [0.3, 0.4) is 0 Å². The smallest absolute Gasteiger partial charge is 0.303 e. The first-order chi connectivity index (χ1) is 12.1. The van der Waals surface area contributed by atoms with Gasteiger partial charge in [-0.15, -0.1) is 0 Å². The maximum atomic E-state index is 10.5. The van der Waals surface area contributed by atoms with Crippen molar-refractivity contribution in [1.29, 1.82) is 0 Å². The molecule has 0 aliphatic carbocycles. The number of carboxylic acids is 1. The van der Waals surface area contributed by atoms with Gasteiger partial charge in [-0.1, -0.05) is 57.6 Å². The number of aliphatic carboxylic acids is 1. The van der Waals surface area contributed by atoms with E-state index in [1.807, 2.05) is 6.08 Å². The number of carbonyl (C=O) groups is 1. The number of unbranched alkanes of at least 4 members (excludes halogenated alkanes) is 5. The molecule has 2 saturated heterocycles. The Morgan fingerprint density at radius 1 is 1.12 bits per heavy atom. The van der Waals surface area contributed by atoms with Gasteiger partial charge in [0.15, 0.2) is 0 Å². The van der Waals surface area contributed by atoms with E-state index in [0.29, 0.717) is 30.5 Å². The van der Waals surface area contributed by atoms with Crippen LogP contribution in [0.15, 0.2) is 12.2 Å². The lowest BCUT2D eigenvalue weighted by Gasteiger charge is -2.26. The van der Waals surface area contributed by atoms with Crippen LogP contribution in [0.2, 0.25) is 0 Å². The van der Waals surface area contributed by atoms with Crippen LogP contribution in [0.1, 0.15) is 84.0 Å². The van der Waals surface area contributed by atoms with E-state index >= 15 is 0 Å². The minimum absolute atomic E-state index is 0.290. The van der Waals surface area contributed by atoms with Gasteiger partial charge < -0.3 is 14.9 Å². The highest BCUT2D eigenvalue weighted by Crippen LogP contribution is 2.46. The highest BCUT2D eigenvalue weighted by molar-refractivity contribution is 5.66. The highest BCUT2D eigenvalue weighted by atomic mass is 16.5. The van der Waals surface area contributed by atoms with Crippen LogP contribution in [0.25, 0.3) is 0 Å². The number of aliphatic hydroxyl groups is 1.